The van der Waals surface area contributed by atoms with E-state index in [1.54, 1.807) is 0 Å². The number of benzene rings is 1. The Morgan fingerprint density at radius 2 is 1.74 bits per heavy atom. The van der Waals surface area contributed by atoms with Gasteiger partial charge >= 0.3 is 21.7 Å². The molecule has 98 valence electrons. The molecule has 0 bridgehead atoms. The Balaban J connectivity index is 0. The minimum Gasteiger partial charge on any atom is -0.857 e. The van der Waals surface area contributed by atoms with E-state index in [1.807, 2.05) is 12.2 Å². The van der Waals surface area contributed by atoms with Crippen molar-refractivity contribution in [3.63, 3.8) is 0 Å². The van der Waals surface area contributed by atoms with Crippen LogP contribution in [0.3, 0.4) is 0 Å². The molecule has 0 atom stereocenters. The fourth-order valence-electron chi connectivity index (χ4n) is 1.41. The van der Waals surface area contributed by atoms with Crippen LogP contribution in [0.5, 0.6) is 0 Å². The van der Waals surface area contributed by atoms with Crippen LogP contribution in [0, 0.1) is 6.08 Å². The monoisotopic (exact) mass is 290 g/mol. The summed E-state index contributed by atoms with van der Waals surface area (Å²) in [7, 11) is 1.50. The molecule has 0 fully saturated rings. The summed E-state index contributed by atoms with van der Waals surface area (Å²) in [5.41, 5.74) is 0. The quantitative estimate of drug-likeness (QED) is 0.549. The summed E-state index contributed by atoms with van der Waals surface area (Å²) in [4.78, 5) is 0. The second kappa shape index (κ2) is 15.0. The van der Waals surface area contributed by atoms with Gasteiger partial charge in [0.15, 0.2) is 0 Å². The average molecular weight is 290 g/mol. The molecule has 1 aliphatic carbocycles. The molecule has 1 aliphatic rings. The molecule has 0 aliphatic heterocycles. The van der Waals surface area contributed by atoms with Gasteiger partial charge in [0.05, 0.1) is 0 Å². The van der Waals surface area contributed by atoms with E-state index in [9.17, 15) is 0 Å². The van der Waals surface area contributed by atoms with Gasteiger partial charge in [0, 0.05) is 0 Å². The molecule has 0 saturated heterocycles. The fourth-order valence-corrected chi connectivity index (χ4v) is 1.41. The van der Waals surface area contributed by atoms with E-state index in [-0.39, 0.29) is 21.7 Å². The summed E-state index contributed by atoms with van der Waals surface area (Å²) >= 11 is 0. The van der Waals surface area contributed by atoms with Crippen molar-refractivity contribution in [1.29, 1.82) is 0 Å². The fraction of sp³-hybridized carbons (Fsp3) is 0.188. The van der Waals surface area contributed by atoms with Crippen molar-refractivity contribution in [2.75, 3.05) is 14.2 Å². The van der Waals surface area contributed by atoms with E-state index in [0.29, 0.717) is 0 Å². The summed E-state index contributed by atoms with van der Waals surface area (Å²) in [6.45, 7) is 0. The van der Waals surface area contributed by atoms with Crippen molar-refractivity contribution < 1.29 is 31.9 Å². The van der Waals surface area contributed by atoms with E-state index < -0.39 is 0 Å². The zero-order chi connectivity index (χ0) is 13.6. The molecule has 0 N–H and O–H groups in total. The van der Waals surface area contributed by atoms with E-state index >= 15 is 0 Å². The first-order valence-corrected chi connectivity index (χ1v) is 5.61. The molecule has 0 heterocycles. The van der Waals surface area contributed by atoms with Crippen LogP contribution in [-0.2, 0) is 21.7 Å². The van der Waals surface area contributed by atoms with Crippen LogP contribution in [0.2, 0.25) is 0 Å². The van der Waals surface area contributed by atoms with Gasteiger partial charge in [0.2, 0.25) is 0 Å². The van der Waals surface area contributed by atoms with Crippen molar-refractivity contribution in [1.82, 2.24) is 0 Å². The summed E-state index contributed by atoms with van der Waals surface area (Å²) in [6.07, 6.45) is 10.0. The van der Waals surface area contributed by atoms with Gasteiger partial charge in [-0.15, -0.1) is 36.1 Å². The van der Waals surface area contributed by atoms with Crippen molar-refractivity contribution in [2.24, 2.45) is 0 Å². The molecule has 0 unspecified atom stereocenters. The second-order valence-corrected chi connectivity index (χ2v) is 3.16. The number of allylic oxidation sites excluding steroid dienone is 4. The van der Waals surface area contributed by atoms with Gasteiger partial charge in [-0.05, 0) is 0 Å². The molecule has 0 saturated carbocycles. The van der Waals surface area contributed by atoms with Gasteiger partial charge in [-0.3, -0.25) is 6.08 Å². The van der Waals surface area contributed by atoms with Crippen molar-refractivity contribution >= 4 is 10.8 Å². The van der Waals surface area contributed by atoms with Crippen LogP contribution in [0.1, 0.15) is 6.42 Å². The molecule has 2 aromatic carbocycles. The van der Waals surface area contributed by atoms with Gasteiger partial charge < -0.3 is 10.2 Å². The van der Waals surface area contributed by atoms with Crippen LogP contribution < -0.4 is 10.2 Å². The molecule has 0 aromatic heterocycles. The first-order chi connectivity index (χ1) is 8.97. The van der Waals surface area contributed by atoms with Crippen LogP contribution in [-0.4, -0.2) is 14.2 Å². The Morgan fingerprint density at radius 3 is 2.21 bits per heavy atom. The number of hydrogen-bond acceptors (Lipinski definition) is 2. The molecule has 0 radical (unpaired) electrons. The van der Waals surface area contributed by atoms with Crippen LogP contribution in [0.4, 0.5) is 0 Å². The minimum absolute atomic E-state index is 0. The Morgan fingerprint density at radius 1 is 1.05 bits per heavy atom. The van der Waals surface area contributed by atoms with E-state index in [0.717, 1.165) is 20.6 Å². The summed E-state index contributed by atoms with van der Waals surface area (Å²) in [5, 5.41) is 19.2. The van der Waals surface area contributed by atoms with Crippen molar-refractivity contribution in [2.45, 2.75) is 6.42 Å². The largest absolute Gasteiger partial charge is 4.00 e. The third kappa shape index (κ3) is 8.63. The molecular formula is C16H18O2Ti. The van der Waals surface area contributed by atoms with Gasteiger partial charge in [-0.25, -0.2) is 12.2 Å². The van der Waals surface area contributed by atoms with Crippen LogP contribution in [0.15, 0.2) is 60.7 Å². The topological polar surface area (TPSA) is 46.1 Å². The molecule has 0 amide bonds. The first-order valence-electron chi connectivity index (χ1n) is 5.61. The van der Waals surface area contributed by atoms with Crippen molar-refractivity contribution in [3.8, 4) is 0 Å². The minimum atomic E-state index is 0. The van der Waals surface area contributed by atoms with Gasteiger partial charge in [-0.2, -0.15) is 37.8 Å². The maximum absolute atomic E-state index is 8.25. The third-order valence-corrected chi connectivity index (χ3v) is 2.13. The van der Waals surface area contributed by atoms with Gasteiger partial charge in [0.25, 0.3) is 0 Å². The predicted molar refractivity (Wildman–Crippen MR) is 73.0 cm³/mol. The zero-order valence-electron chi connectivity index (χ0n) is 11.3. The maximum atomic E-state index is 8.25. The summed E-state index contributed by atoms with van der Waals surface area (Å²) in [5.74, 6) is 0. The molecule has 3 heteroatoms. The molecule has 3 rings (SSSR count). The Hall–Kier alpha value is -1.06. The summed E-state index contributed by atoms with van der Waals surface area (Å²) in [6, 6.07) is 14.7. The molecular weight excluding hydrogens is 272 g/mol. The molecule has 2 nitrogen and oxygen atoms in total. The van der Waals surface area contributed by atoms with E-state index in [4.69, 9.17) is 10.2 Å². The molecule has 2 aromatic rings. The predicted octanol–water partition coefficient (Wildman–Crippen LogP) is 1.81. The van der Waals surface area contributed by atoms with E-state index in [2.05, 4.69) is 54.6 Å². The number of hydrogen-bond donors (Lipinski definition) is 0. The maximum Gasteiger partial charge on any atom is 4.00 e. The van der Waals surface area contributed by atoms with Crippen LogP contribution >= 0.6 is 0 Å². The number of rotatable bonds is 0. The first kappa shape index (κ1) is 20.3. The van der Waals surface area contributed by atoms with Crippen molar-refractivity contribution in [3.05, 3.63) is 66.8 Å². The third-order valence-electron chi connectivity index (χ3n) is 2.13. The van der Waals surface area contributed by atoms with Gasteiger partial charge in [0.1, 0.15) is 0 Å². The smallest absolute Gasteiger partial charge is 0.857 e. The standard InChI is InChI=1S/C9H7.C5H5.2CH3O.Ti/c1-2-5-9-7-3-6-8(9)4-1;1-2-4-5-3-1;2*1-2;/h1-7H;1-3H,4H2;2*1H3;/q4*-1;+4. The van der Waals surface area contributed by atoms with Gasteiger partial charge in [-0.1, -0.05) is 6.07 Å². The summed E-state index contributed by atoms with van der Waals surface area (Å²) < 4.78 is 0. The SMILES string of the molecule is C[O-].C[O-].[C-]1=CC=CC1.[Ti+4].c1ccc2[cH-]ccc2c1. The zero-order valence-corrected chi connectivity index (χ0v) is 12.9. The molecule has 0 spiro atoms. The Bertz CT molecular complexity index is 418. The Kier molecular flexibility index (Phi) is 16.0. The Labute approximate surface area is 130 Å². The number of fused-ring (bicyclic) bond motifs is 1. The van der Waals surface area contributed by atoms with Crippen LogP contribution in [0.25, 0.3) is 10.8 Å². The van der Waals surface area contributed by atoms with E-state index in [1.165, 1.54) is 10.8 Å². The second-order valence-electron chi connectivity index (χ2n) is 3.16. The average Bonchev–Trinajstić information content (AvgIpc) is 3.17. The molecule has 19 heavy (non-hydrogen) atoms. The normalized spacial score (nSPS) is 10.1.